The van der Waals surface area contributed by atoms with E-state index in [2.05, 4.69) is 5.32 Å². The van der Waals surface area contributed by atoms with Crippen LogP contribution in [0, 0.1) is 5.92 Å². The van der Waals surface area contributed by atoms with Gasteiger partial charge in [0.1, 0.15) is 11.6 Å². The lowest BCUT2D eigenvalue weighted by Gasteiger charge is -2.44. The molecule has 1 aromatic rings. The Kier molecular flexibility index (Phi) is 3.74. The maximum Gasteiger partial charge on any atom is 0.249 e. The van der Waals surface area contributed by atoms with Gasteiger partial charge in [-0.15, -0.1) is 11.3 Å². The van der Waals surface area contributed by atoms with Crippen LogP contribution in [-0.2, 0) is 16.1 Å². The highest BCUT2D eigenvalue weighted by molar-refractivity contribution is 7.16. The summed E-state index contributed by atoms with van der Waals surface area (Å²) < 4.78 is 0.708. The van der Waals surface area contributed by atoms with E-state index in [-0.39, 0.29) is 17.9 Å². The summed E-state index contributed by atoms with van der Waals surface area (Å²) in [5.41, 5.74) is -0.788. The molecule has 21 heavy (non-hydrogen) atoms. The average molecular weight is 327 g/mol. The topological polar surface area (TPSA) is 49.4 Å². The summed E-state index contributed by atoms with van der Waals surface area (Å²) in [4.78, 5) is 28.1. The maximum absolute atomic E-state index is 12.9. The van der Waals surface area contributed by atoms with Crippen LogP contribution in [0.1, 0.15) is 38.0 Å². The molecule has 0 bridgehead atoms. The molecule has 1 aromatic heterocycles. The van der Waals surface area contributed by atoms with Crippen LogP contribution >= 0.6 is 22.9 Å². The first-order chi connectivity index (χ1) is 9.94. The Bertz CT molecular complexity index is 584. The third kappa shape index (κ3) is 2.69. The zero-order valence-electron chi connectivity index (χ0n) is 12.2. The van der Waals surface area contributed by atoms with E-state index in [0.29, 0.717) is 23.2 Å². The number of nitrogens with zero attached hydrogens (tertiary/aromatic N) is 1. The van der Waals surface area contributed by atoms with E-state index < -0.39 is 5.54 Å². The van der Waals surface area contributed by atoms with Crippen molar-refractivity contribution in [2.45, 2.75) is 51.2 Å². The molecular formula is C15H19ClN2O2S. The molecule has 2 fully saturated rings. The Morgan fingerprint density at radius 1 is 1.43 bits per heavy atom. The van der Waals surface area contributed by atoms with Crippen molar-refractivity contribution in [1.29, 1.82) is 0 Å². The standard InChI is InChI=1S/C15H19ClN2O2S/c1-3-15(2)14(20)18(8-10-6-7-11(16)21-10)12(9-4-5-9)13(19)17-15/h6-7,9,12H,3-5,8H2,1-2H3,(H,17,19). The molecule has 4 nitrogen and oxygen atoms in total. The van der Waals surface area contributed by atoms with Gasteiger partial charge in [-0.05, 0) is 44.2 Å². The van der Waals surface area contributed by atoms with Gasteiger partial charge in [0.15, 0.2) is 0 Å². The number of hydrogen-bond acceptors (Lipinski definition) is 3. The first-order valence-electron chi connectivity index (χ1n) is 7.32. The van der Waals surface area contributed by atoms with Gasteiger partial charge in [-0.1, -0.05) is 18.5 Å². The van der Waals surface area contributed by atoms with Crippen LogP contribution in [0.4, 0.5) is 0 Å². The second kappa shape index (κ2) is 5.29. The van der Waals surface area contributed by atoms with Gasteiger partial charge in [0.25, 0.3) is 0 Å². The zero-order valence-corrected chi connectivity index (χ0v) is 13.8. The first-order valence-corrected chi connectivity index (χ1v) is 8.51. The largest absolute Gasteiger partial charge is 0.340 e. The molecule has 3 rings (SSSR count). The fourth-order valence-corrected chi connectivity index (χ4v) is 3.97. The van der Waals surface area contributed by atoms with Crippen LogP contribution in [0.2, 0.25) is 4.34 Å². The molecule has 2 amide bonds. The number of hydrogen-bond donors (Lipinski definition) is 1. The van der Waals surface area contributed by atoms with Crippen molar-refractivity contribution in [2.24, 2.45) is 5.92 Å². The predicted octanol–water partition coefficient (Wildman–Crippen LogP) is 2.81. The minimum Gasteiger partial charge on any atom is -0.340 e. The van der Waals surface area contributed by atoms with E-state index in [4.69, 9.17) is 11.6 Å². The monoisotopic (exact) mass is 326 g/mol. The molecule has 2 aliphatic rings. The number of halogens is 1. The molecule has 1 aliphatic carbocycles. The summed E-state index contributed by atoms with van der Waals surface area (Å²) in [5.74, 6) is 0.320. The highest BCUT2D eigenvalue weighted by Crippen LogP contribution is 2.39. The first kappa shape index (κ1) is 14.9. The highest BCUT2D eigenvalue weighted by atomic mass is 35.5. The third-order valence-electron chi connectivity index (χ3n) is 4.47. The van der Waals surface area contributed by atoms with Crippen molar-refractivity contribution in [3.05, 3.63) is 21.3 Å². The third-order valence-corrected chi connectivity index (χ3v) is 5.68. The normalized spacial score (nSPS) is 29.7. The van der Waals surface area contributed by atoms with Crippen molar-refractivity contribution in [2.75, 3.05) is 0 Å². The molecule has 2 atom stereocenters. The molecular weight excluding hydrogens is 308 g/mol. The van der Waals surface area contributed by atoms with Crippen LogP contribution < -0.4 is 5.32 Å². The quantitative estimate of drug-likeness (QED) is 0.925. The van der Waals surface area contributed by atoms with Crippen LogP contribution in [0.25, 0.3) is 0 Å². The number of carbonyl (C=O) groups excluding carboxylic acids is 2. The summed E-state index contributed by atoms with van der Waals surface area (Å²) in [6, 6.07) is 3.44. The van der Waals surface area contributed by atoms with E-state index in [1.165, 1.54) is 11.3 Å². The van der Waals surface area contributed by atoms with Gasteiger partial charge in [0.05, 0.1) is 10.9 Å². The van der Waals surface area contributed by atoms with Gasteiger partial charge < -0.3 is 10.2 Å². The van der Waals surface area contributed by atoms with Gasteiger partial charge >= 0.3 is 0 Å². The van der Waals surface area contributed by atoms with E-state index in [1.807, 2.05) is 26.0 Å². The van der Waals surface area contributed by atoms with Crippen molar-refractivity contribution in [3.8, 4) is 0 Å². The Labute approximate surface area is 133 Å². The van der Waals surface area contributed by atoms with Crippen LogP contribution in [0.15, 0.2) is 12.1 Å². The van der Waals surface area contributed by atoms with Crippen molar-refractivity contribution in [3.63, 3.8) is 0 Å². The Balaban J connectivity index is 1.90. The predicted molar refractivity (Wildman–Crippen MR) is 83.2 cm³/mol. The zero-order chi connectivity index (χ0) is 15.2. The molecule has 1 saturated carbocycles. The Morgan fingerprint density at radius 2 is 2.14 bits per heavy atom. The number of thiophene rings is 1. The lowest BCUT2D eigenvalue weighted by atomic mass is 9.90. The van der Waals surface area contributed by atoms with Gasteiger partial charge in [-0.25, -0.2) is 0 Å². The number of amides is 2. The average Bonchev–Trinajstić information content (AvgIpc) is 3.18. The molecule has 0 spiro atoms. The van der Waals surface area contributed by atoms with E-state index in [1.54, 1.807) is 4.90 Å². The second-order valence-electron chi connectivity index (χ2n) is 6.10. The van der Waals surface area contributed by atoms with Gasteiger partial charge in [0.2, 0.25) is 11.8 Å². The lowest BCUT2D eigenvalue weighted by Crippen LogP contribution is -2.69. The van der Waals surface area contributed by atoms with Crippen molar-refractivity contribution < 1.29 is 9.59 Å². The smallest absolute Gasteiger partial charge is 0.249 e. The fourth-order valence-electron chi connectivity index (χ4n) is 2.88. The fraction of sp³-hybridized carbons (Fsp3) is 0.600. The molecule has 1 aliphatic heterocycles. The van der Waals surface area contributed by atoms with Crippen molar-refractivity contribution in [1.82, 2.24) is 10.2 Å². The van der Waals surface area contributed by atoms with E-state index >= 15 is 0 Å². The van der Waals surface area contributed by atoms with E-state index in [9.17, 15) is 9.59 Å². The summed E-state index contributed by atoms with van der Waals surface area (Å²) in [7, 11) is 0. The molecule has 1 saturated heterocycles. The van der Waals surface area contributed by atoms with Crippen LogP contribution in [0.5, 0.6) is 0 Å². The maximum atomic E-state index is 12.9. The molecule has 0 aromatic carbocycles. The molecule has 6 heteroatoms. The Hall–Kier alpha value is -1.07. The van der Waals surface area contributed by atoms with Gasteiger partial charge in [-0.3, -0.25) is 9.59 Å². The number of carbonyl (C=O) groups is 2. The molecule has 0 radical (unpaired) electrons. The molecule has 114 valence electrons. The lowest BCUT2D eigenvalue weighted by molar-refractivity contribution is -0.156. The molecule has 2 heterocycles. The van der Waals surface area contributed by atoms with Crippen molar-refractivity contribution >= 4 is 34.8 Å². The van der Waals surface area contributed by atoms with Crippen LogP contribution in [-0.4, -0.2) is 28.3 Å². The van der Waals surface area contributed by atoms with Gasteiger partial charge in [0, 0.05) is 4.88 Å². The summed E-state index contributed by atoms with van der Waals surface area (Å²) in [6.45, 7) is 4.21. The summed E-state index contributed by atoms with van der Waals surface area (Å²) in [6.07, 6.45) is 2.64. The minimum atomic E-state index is -0.788. The number of nitrogens with one attached hydrogen (secondary N) is 1. The molecule has 1 N–H and O–H groups in total. The highest BCUT2D eigenvalue weighted by Gasteiger charge is 2.51. The summed E-state index contributed by atoms with van der Waals surface area (Å²) >= 11 is 7.44. The minimum absolute atomic E-state index is 0.0101. The number of rotatable bonds is 4. The second-order valence-corrected chi connectivity index (χ2v) is 7.90. The Morgan fingerprint density at radius 3 is 2.67 bits per heavy atom. The number of piperazine rings is 1. The SMILES string of the molecule is CCC1(C)NC(=O)C(C2CC2)N(Cc2ccc(Cl)s2)C1=O. The van der Waals surface area contributed by atoms with E-state index in [0.717, 1.165) is 17.7 Å². The van der Waals surface area contributed by atoms with Crippen LogP contribution in [0.3, 0.4) is 0 Å². The van der Waals surface area contributed by atoms with Gasteiger partial charge in [-0.2, -0.15) is 0 Å². The molecule has 2 unspecified atom stereocenters. The summed E-state index contributed by atoms with van der Waals surface area (Å²) in [5, 5.41) is 2.93.